The Kier molecular flexibility index (Phi) is 5.32. The fraction of sp³-hybridized carbons (Fsp3) is 0.500. The van der Waals surface area contributed by atoms with Crippen LogP contribution in [0.4, 0.5) is 5.69 Å². The molecule has 9 heteroatoms. The molecule has 184 valence electrons. The summed E-state index contributed by atoms with van der Waals surface area (Å²) in [7, 11) is 0. The van der Waals surface area contributed by atoms with Gasteiger partial charge in [-0.05, 0) is 76.4 Å². The Hall–Kier alpha value is -2.68. The molecule has 6 rings (SSSR count). The van der Waals surface area contributed by atoms with Gasteiger partial charge in [0.25, 0.3) is 0 Å². The van der Waals surface area contributed by atoms with Crippen LogP contribution in [0.1, 0.15) is 50.0 Å². The number of aromatic nitrogens is 3. The highest BCUT2D eigenvalue weighted by Crippen LogP contribution is 2.46. The maximum Gasteiger partial charge on any atom is 0.235 e. The molecule has 1 spiro atoms. The van der Waals surface area contributed by atoms with Crippen LogP contribution < -0.4 is 10.1 Å². The van der Waals surface area contributed by atoms with E-state index in [1.54, 1.807) is 6.20 Å². The molecule has 35 heavy (non-hydrogen) atoms. The molecule has 2 aromatic heterocycles. The van der Waals surface area contributed by atoms with Crippen molar-refractivity contribution in [3.8, 4) is 5.75 Å². The highest BCUT2D eigenvalue weighted by atomic mass is 35.5. The van der Waals surface area contributed by atoms with E-state index in [0.717, 1.165) is 73.6 Å². The number of carbonyl (C=O) groups excluding carboxylic acids is 1. The molecule has 1 aromatic carbocycles. The van der Waals surface area contributed by atoms with E-state index in [-0.39, 0.29) is 11.9 Å². The molecule has 2 N–H and O–H groups in total. The van der Waals surface area contributed by atoms with Crippen molar-refractivity contribution in [2.75, 3.05) is 31.6 Å². The first kappa shape index (κ1) is 22.8. The van der Waals surface area contributed by atoms with Gasteiger partial charge in [0.2, 0.25) is 5.91 Å². The van der Waals surface area contributed by atoms with Crippen LogP contribution in [-0.4, -0.2) is 62.3 Å². The average Bonchev–Trinajstić information content (AvgIpc) is 3.26. The van der Waals surface area contributed by atoms with Gasteiger partial charge in [-0.3, -0.25) is 9.69 Å². The van der Waals surface area contributed by atoms with E-state index in [1.807, 2.05) is 38.1 Å². The molecule has 3 aromatic rings. The molecule has 0 unspecified atom stereocenters. The number of amides is 1. The molecule has 4 heterocycles. The van der Waals surface area contributed by atoms with Crippen LogP contribution in [0.15, 0.2) is 30.5 Å². The van der Waals surface area contributed by atoms with Crippen molar-refractivity contribution in [1.29, 1.82) is 0 Å². The van der Waals surface area contributed by atoms with Crippen molar-refractivity contribution < 1.29 is 14.6 Å². The summed E-state index contributed by atoms with van der Waals surface area (Å²) in [5.41, 5.74) is 2.51. The van der Waals surface area contributed by atoms with Crippen LogP contribution in [0.2, 0.25) is 5.02 Å². The zero-order valence-electron chi connectivity index (χ0n) is 20.1. The number of carbonyl (C=O) groups is 1. The van der Waals surface area contributed by atoms with Gasteiger partial charge in [-0.15, -0.1) is 0 Å². The van der Waals surface area contributed by atoms with Crippen LogP contribution in [0.5, 0.6) is 5.75 Å². The second-order valence-corrected chi connectivity index (χ2v) is 11.0. The third kappa shape index (κ3) is 3.88. The Morgan fingerprint density at radius 3 is 2.77 bits per heavy atom. The van der Waals surface area contributed by atoms with Crippen LogP contribution in [0.3, 0.4) is 0 Å². The number of benzene rings is 1. The summed E-state index contributed by atoms with van der Waals surface area (Å²) in [5, 5.41) is 13.8. The number of halogens is 1. The largest absolute Gasteiger partial charge is 0.491 e. The lowest BCUT2D eigenvalue weighted by molar-refractivity contribution is -0.122. The minimum Gasteiger partial charge on any atom is -0.491 e. The standard InChI is InChI=1S/C26H30ClN5O3/c1-16-29-22-12-19(15-28-23(22)32(16)18-13-25(2,34)14-18)35-10-9-31-7-5-26(6-8-31)20-11-17(27)3-4-21(20)30-24(26)33/h3-4,11-12,15,18,34H,5-10,13-14H2,1-2H3,(H,30,33). The summed E-state index contributed by atoms with van der Waals surface area (Å²) in [6.45, 7) is 6.83. The predicted octanol–water partition coefficient (Wildman–Crippen LogP) is 3.84. The molecule has 0 radical (unpaired) electrons. The first-order valence-electron chi connectivity index (χ1n) is 12.3. The summed E-state index contributed by atoms with van der Waals surface area (Å²) < 4.78 is 8.15. The van der Waals surface area contributed by atoms with E-state index >= 15 is 0 Å². The minimum atomic E-state index is -0.594. The maximum atomic E-state index is 12.8. The zero-order chi connectivity index (χ0) is 24.4. The lowest BCUT2D eigenvalue weighted by Crippen LogP contribution is -2.47. The normalized spacial score (nSPS) is 25.5. The number of nitrogens with one attached hydrogen (secondary N) is 1. The summed E-state index contributed by atoms with van der Waals surface area (Å²) in [4.78, 5) is 24.5. The van der Waals surface area contributed by atoms with Gasteiger partial charge in [-0.1, -0.05) is 11.6 Å². The number of likely N-dealkylation sites (tertiary alicyclic amines) is 1. The van der Waals surface area contributed by atoms with Crippen molar-refractivity contribution in [2.45, 2.75) is 56.6 Å². The number of piperidine rings is 1. The number of fused-ring (bicyclic) bond motifs is 3. The molecular weight excluding hydrogens is 466 g/mol. The number of anilines is 1. The van der Waals surface area contributed by atoms with E-state index < -0.39 is 11.0 Å². The quantitative estimate of drug-likeness (QED) is 0.558. The van der Waals surface area contributed by atoms with Crippen molar-refractivity contribution >= 4 is 34.4 Å². The molecule has 2 aliphatic heterocycles. The number of hydrogen-bond donors (Lipinski definition) is 2. The topological polar surface area (TPSA) is 92.5 Å². The number of nitrogens with zero attached hydrogens (tertiary/aromatic N) is 4. The van der Waals surface area contributed by atoms with Gasteiger partial charge in [0.1, 0.15) is 23.7 Å². The molecular formula is C26H30ClN5O3. The van der Waals surface area contributed by atoms with Gasteiger partial charge in [-0.25, -0.2) is 9.97 Å². The number of ether oxygens (including phenoxy) is 1. The fourth-order valence-electron chi connectivity index (χ4n) is 6.06. The first-order chi connectivity index (χ1) is 16.7. The lowest BCUT2D eigenvalue weighted by atomic mass is 9.73. The Morgan fingerprint density at radius 2 is 2.03 bits per heavy atom. The Labute approximate surface area is 209 Å². The first-order valence-corrected chi connectivity index (χ1v) is 12.7. The van der Waals surface area contributed by atoms with Gasteiger partial charge in [-0.2, -0.15) is 0 Å². The molecule has 1 amide bonds. The number of pyridine rings is 1. The summed E-state index contributed by atoms with van der Waals surface area (Å²) in [5.74, 6) is 1.70. The average molecular weight is 496 g/mol. The lowest BCUT2D eigenvalue weighted by Gasteiger charge is -2.42. The number of imidazole rings is 1. The molecule has 2 fully saturated rings. The number of hydrogen-bond acceptors (Lipinski definition) is 6. The number of aryl methyl sites for hydroxylation is 1. The van der Waals surface area contributed by atoms with E-state index in [2.05, 4.69) is 24.8 Å². The minimum absolute atomic E-state index is 0.0882. The second kappa shape index (κ2) is 8.18. The van der Waals surface area contributed by atoms with E-state index in [9.17, 15) is 9.90 Å². The highest BCUT2D eigenvalue weighted by Gasteiger charge is 2.48. The molecule has 1 aliphatic carbocycles. The molecule has 1 saturated heterocycles. The molecule has 3 aliphatic rings. The van der Waals surface area contributed by atoms with Gasteiger partial charge < -0.3 is 19.7 Å². The van der Waals surface area contributed by atoms with Gasteiger partial charge in [0.05, 0.1) is 17.2 Å². The smallest absolute Gasteiger partial charge is 0.235 e. The number of aliphatic hydroxyl groups is 1. The molecule has 1 saturated carbocycles. The maximum absolute atomic E-state index is 12.8. The van der Waals surface area contributed by atoms with Crippen molar-refractivity contribution in [2.24, 2.45) is 0 Å². The summed E-state index contributed by atoms with van der Waals surface area (Å²) >= 11 is 6.23. The van der Waals surface area contributed by atoms with Crippen molar-refractivity contribution in [3.05, 3.63) is 46.9 Å². The van der Waals surface area contributed by atoms with Crippen molar-refractivity contribution in [1.82, 2.24) is 19.4 Å². The fourth-order valence-corrected chi connectivity index (χ4v) is 6.24. The van der Waals surface area contributed by atoms with Crippen molar-refractivity contribution in [3.63, 3.8) is 0 Å². The van der Waals surface area contributed by atoms with Gasteiger partial charge in [0.15, 0.2) is 5.65 Å². The predicted molar refractivity (Wildman–Crippen MR) is 134 cm³/mol. The van der Waals surface area contributed by atoms with E-state index in [0.29, 0.717) is 17.4 Å². The summed E-state index contributed by atoms with van der Waals surface area (Å²) in [6, 6.07) is 7.84. The Bertz CT molecular complexity index is 1300. The molecule has 0 bridgehead atoms. The van der Waals surface area contributed by atoms with Crippen LogP contribution in [-0.2, 0) is 10.2 Å². The zero-order valence-corrected chi connectivity index (χ0v) is 20.8. The van der Waals surface area contributed by atoms with E-state index in [1.165, 1.54) is 0 Å². The third-order valence-corrected chi connectivity index (χ3v) is 8.20. The summed E-state index contributed by atoms with van der Waals surface area (Å²) in [6.07, 6.45) is 4.73. The van der Waals surface area contributed by atoms with Crippen LogP contribution in [0, 0.1) is 6.92 Å². The second-order valence-electron chi connectivity index (χ2n) is 10.5. The highest BCUT2D eigenvalue weighted by molar-refractivity contribution is 6.31. The SMILES string of the molecule is Cc1nc2cc(OCCN3CCC4(CC3)C(=O)Nc3ccc(Cl)cc34)cnc2n1C1CC(C)(O)C1. The van der Waals surface area contributed by atoms with Gasteiger partial charge >= 0.3 is 0 Å². The third-order valence-electron chi connectivity index (χ3n) is 7.96. The van der Waals surface area contributed by atoms with Gasteiger partial charge in [0, 0.05) is 29.4 Å². The molecule has 8 nitrogen and oxygen atoms in total. The molecule has 0 atom stereocenters. The Balaban J connectivity index is 1.06. The van der Waals surface area contributed by atoms with Crippen LogP contribution >= 0.6 is 11.6 Å². The Morgan fingerprint density at radius 1 is 1.26 bits per heavy atom. The monoisotopic (exact) mass is 495 g/mol. The number of rotatable bonds is 5. The van der Waals surface area contributed by atoms with E-state index in [4.69, 9.17) is 16.3 Å². The van der Waals surface area contributed by atoms with Crippen LogP contribution in [0.25, 0.3) is 11.2 Å².